The minimum atomic E-state index is -1.12. The lowest BCUT2D eigenvalue weighted by atomic mass is 9.77. The van der Waals surface area contributed by atoms with Gasteiger partial charge < -0.3 is 30.0 Å². The van der Waals surface area contributed by atoms with E-state index in [4.69, 9.17) is 4.52 Å². The molecule has 0 aromatic carbocycles. The summed E-state index contributed by atoms with van der Waals surface area (Å²) < 4.78 is 4.96. The van der Waals surface area contributed by atoms with Crippen LogP contribution in [0.1, 0.15) is 20.3 Å². The van der Waals surface area contributed by atoms with Crippen LogP contribution in [0.4, 0.5) is 4.79 Å². The van der Waals surface area contributed by atoms with Gasteiger partial charge in [-0.1, -0.05) is 6.92 Å². The van der Waals surface area contributed by atoms with Gasteiger partial charge >= 0.3 is 12.1 Å². The molecule has 3 heterocycles. The Morgan fingerprint density at radius 1 is 1.46 bits per heavy atom. The molecule has 28 heavy (non-hydrogen) atoms. The molecule has 3 aliphatic rings. The Morgan fingerprint density at radius 3 is 2.79 bits per heavy atom. The number of rotatable bonds is 7. The van der Waals surface area contributed by atoms with Crippen molar-refractivity contribution in [1.82, 2.24) is 20.1 Å². The van der Waals surface area contributed by atoms with E-state index < -0.39 is 24.1 Å². The van der Waals surface area contributed by atoms with Gasteiger partial charge in [0.25, 0.3) is 0 Å². The summed E-state index contributed by atoms with van der Waals surface area (Å²) >= 11 is 0. The Kier molecular flexibility index (Phi) is 6.29. The Balaban J connectivity index is 1.66. The van der Waals surface area contributed by atoms with Crippen LogP contribution in [-0.2, 0) is 14.1 Å². The summed E-state index contributed by atoms with van der Waals surface area (Å²) in [5.41, 5.74) is 0.749. The van der Waals surface area contributed by atoms with Gasteiger partial charge in [0.1, 0.15) is 14.7 Å². The molecule has 3 rings (SSSR count). The second-order valence-electron chi connectivity index (χ2n) is 7.54. The monoisotopic (exact) mass is 412 g/mol. The Hall–Kier alpha value is -1.68. The number of fused-ring (bicyclic) bond motifs is 1. The van der Waals surface area contributed by atoms with Gasteiger partial charge in [-0.15, -0.1) is 0 Å². The summed E-state index contributed by atoms with van der Waals surface area (Å²) in [6, 6.07) is -0.369. The van der Waals surface area contributed by atoms with E-state index in [0.717, 1.165) is 6.42 Å². The SMILES string of the molecule is BNPOC(=O)N[C@@H]1CCN(CC2=C(C(=O)O)N3C(=O)C([C@@H](C)O)[C@H]3[C@H]2C)C1. The molecule has 6 atom stereocenters. The summed E-state index contributed by atoms with van der Waals surface area (Å²) in [6.45, 7) is 5.18. The summed E-state index contributed by atoms with van der Waals surface area (Å²) in [7, 11) is 1.58. The summed E-state index contributed by atoms with van der Waals surface area (Å²) in [5, 5.41) is 22.4. The van der Waals surface area contributed by atoms with Crippen molar-refractivity contribution in [2.24, 2.45) is 11.8 Å². The first-order chi connectivity index (χ1) is 13.3. The highest BCUT2D eigenvalue weighted by atomic mass is 31.1. The van der Waals surface area contributed by atoms with Crippen LogP contribution in [0.2, 0.25) is 0 Å². The molecule has 2 saturated heterocycles. The van der Waals surface area contributed by atoms with Crippen molar-refractivity contribution < 1.29 is 29.1 Å². The zero-order valence-electron chi connectivity index (χ0n) is 16.1. The standard InChI is InChI=1S/C16H26BN4O6P/c1-7-10(6-20-4-3-9(5-20)18-16(26)27-28-19-17)13(15(24)25)21-12(7)11(8(2)22)14(21)23/h7-9,11-12,19,22,28H,3-6,17H2,1-2H3,(H,18,26)(H,24,25)/t7-,8+,9+,11?,12+/m0/s1. The van der Waals surface area contributed by atoms with Gasteiger partial charge in [0.2, 0.25) is 5.91 Å². The maximum atomic E-state index is 12.4. The molecule has 3 aliphatic heterocycles. The maximum Gasteiger partial charge on any atom is 0.411 e. The average Bonchev–Trinajstić information content (AvgIpc) is 3.14. The van der Waals surface area contributed by atoms with E-state index in [2.05, 4.69) is 15.2 Å². The van der Waals surface area contributed by atoms with Crippen molar-refractivity contribution in [1.29, 1.82) is 0 Å². The number of hydrogen-bond donors (Lipinski definition) is 4. The predicted octanol–water partition coefficient (Wildman–Crippen LogP) is -1.37. The molecular weight excluding hydrogens is 386 g/mol. The number of likely N-dealkylation sites (tertiary alicyclic amines) is 1. The van der Waals surface area contributed by atoms with Crippen LogP contribution in [-0.4, -0.2) is 83.8 Å². The van der Waals surface area contributed by atoms with E-state index >= 15 is 0 Å². The van der Waals surface area contributed by atoms with Crippen molar-refractivity contribution >= 4 is 34.9 Å². The highest BCUT2D eigenvalue weighted by Gasteiger charge is 2.59. The third kappa shape index (κ3) is 3.76. The lowest BCUT2D eigenvalue weighted by Crippen LogP contribution is -2.63. The molecule has 0 saturated carbocycles. The zero-order chi connectivity index (χ0) is 20.6. The van der Waals surface area contributed by atoms with Gasteiger partial charge in [0.15, 0.2) is 7.98 Å². The van der Waals surface area contributed by atoms with Gasteiger partial charge in [0, 0.05) is 31.6 Å². The van der Waals surface area contributed by atoms with E-state index in [1.807, 2.05) is 6.92 Å². The Morgan fingerprint density at radius 2 is 2.18 bits per heavy atom. The first-order valence-corrected chi connectivity index (χ1v) is 10.3. The number of carboxylic acid groups (broad SMARTS) is 1. The number of β-lactam (4-membered cyclic amide) rings is 1. The van der Waals surface area contributed by atoms with Crippen LogP contribution in [0.25, 0.3) is 0 Å². The number of nitrogens with zero attached hydrogens (tertiary/aromatic N) is 2. The number of aliphatic carboxylic acids is 1. The lowest BCUT2D eigenvalue weighted by Gasteiger charge is -2.46. The highest BCUT2D eigenvalue weighted by molar-refractivity contribution is 7.32. The van der Waals surface area contributed by atoms with Crippen molar-refractivity contribution in [3.63, 3.8) is 0 Å². The fourth-order valence-corrected chi connectivity index (χ4v) is 4.74. The van der Waals surface area contributed by atoms with Gasteiger partial charge in [-0.25, -0.2) is 9.59 Å². The largest absolute Gasteiger partial charge is 0.477 e. The second kappa shape index (κ2) is 8.36. The van der Waals surface area contributed by atoms with Crippen molar-refractivity contribution in [3.05, 3.63) is 11.3 Å². The molecule has 0 aliphatic carbocycles. The third-order valence-electron chi connectivity index (χ3n) is 5.75. The number of nitrogens with one attached hydrogen (secondary N) is 2. The topological polar surface area (TPSA) is 131 Å². The summed E-state index contributed by atoms with van der Waals surface area (Å²) in [5.74, 6) is -2.14. The molecule has 0 radical (unpaired) electrons. The average molecular weight is 412 g/mol. The van der Waals surface area contributed by atoms with Crippen LogP contribution in [0.3, 0.4) is 0 Å². The summed E-state index contributed by atoms with van der Waals surface area (Å²) in [4.78, 5) is 42.1. The molecule has 2 amide bonds. The molecule has 2 fully saturated rings. The molecule has 12 heteroatoms. The molecule has 154 valence electrons. The molecule has 10 nitrogen and oxygen atoms in total. The number of hydrogen-bond acceptors (Lipinski definition) is 7. The van der Waals surface area contributed by atoms with Crippen molar-refractivity contribution in [3.8, 4) is 0 Å². The molecule has 0 bridgehead atoms. The molecule has 4 N–H and O–H groups in total. The van der Waals surface area contributed by atoms with Crippen molar-refractivity contribution in [2.75, 3.05) is 19.6 Å². The number of aliphatic hydroxyl groups is 1. The number of aliphatic hydroxyl groups excluding tert-OH is 1. The number of carbonyl (C=O) groups excluding carboxylic acids is 2. The normalized spacial score (nSPS) is 31.2. The minimum Gasteiger partial charge on any atom is -0.477 e. The lowest BCUT2D eigenvalue weighted by molar-refractivity contribution is -0.163. The molecule has 0 aromatic heterocycles. The number of amides is 2. The van der Waals surface area contributed by atoms with Crippen LogP contribution in [0.5, 0.6) is 0 Å². The molecule has 2 unspecified atom stereocenters. The molecule has 0 spiro atoms. The Bertz CT molecular complexity index is 705. The van der Waals surface area contributed by atoms with Gasteiger partial charge in [-0.05, 0) is 18.9 Å². The van der Waals surface area contributed by atoms with Crippen LogP contribution in [0, 0.1) is 11.8 Å². The predicted molar refractivity (Wildman–Crippen MR) is 104 cm³/mol. The van der Waals surface area contributed by atoms with E-state index in [1.165, 1.54) is 4.90 Å². The zero-order valence-corrected chi connectivity index (χ0v) is 17.1. The van der Waals surface area contributed by atoms with Gasteiger partial charge in [0.05, 0.1) is 18.1 Å². The minimum absolute atomic E-state index is 0.0467. The van der Waals surface area contributed by atoms with E-state index in [9.17, 15) is 24.6 Å². The van der Waals surface area contributed by atoms with Crippen LogP contribution >= 0.6 is 8.96 Å². The first kappa shape index (κ1) is 21.0. The van der Waals surface area contributed by atoms with E-state index in [1.54, 1.807) is 14.9 Å². The molecule has 0 aromatic rings. The van der Waals surface area contributed by atoms with E-state index in [0.29, 0.717) is 25.2 Å². The number of carbonyl (C=O) groups is 3. The first-order valence-electron chi connectivity index (χ1n) is 9.35. The molecular formula is C16H26BN4O6P. The highest BCUT2D eigenvalue weighted by Crippen LogP contribution is 2.47. The van der Waals surface area contributed by atoms with Crippen LogP contribution < -0.4 is 10.3 Å². The maximum absolute atomic E-state index is 12.4. The van der Waals surface area contributed by atoms with Gasteiger partial charge in [-0.2, -0.15) is 0 Å². The quantitative estimate of drug-likeness (QED) is 0.229. The van der Waals surface area contributed by atoms with Crippen LogP contribution in [0.15, 0.2) is 11.3 Å². The fraction of sp³-hybridized carbons (Fsp3) is 0.688. The number of carboxylic acids is 1. The second-order valence-corrected chi connectivity index (χ2v) is 8.45. The summed E-state index contributed by atoms with van der Waals surface area (Å²) in [6.07, 6.45) is -0.548. The Labute approximate surface area is 166 Å². The van der Waals surface area contributed by atoms with Crippen molar-refractivity contribution in [2.45, 2.75) is 38.5 Å². The fourth-order valence-electron chi connectivity index (χ4n) is 4.48. The third-order valence-corrected chi connectivity index (χ3v) is 6.24. The van der Waals surface area contributed by atoms with Gasteiger partial charge in [-0.3, -0.25) is 9.69 Å². The van der Waals surface area contributed by atoms with E-state index in [-0.39, 0.29) is 38.6 Å². The smallest absolute Gasteiger partial charge is 0.411 e.